The number of benzene rings is 7. The van der Waals surface area contributed by atoms with Gasteiger partial charge in [0.15, 0.2) is 0 Å². The van der Waals surface area contributed by atoms with Crippen LogP contribution in [-0.2, 0) is 51.9 Å². The van der Waals surface area contributed by atoms with E-state index < -0.39 is 48.6 Å². The quantitative estimate of drug-likeness (QED) is 0.0743. The van der Waals surface area contributed by atoms with Gasteiger partial charge in [-0.3, -0.25) is 9.44 Å². The zero-order valence-corrected chi connectivity index (χ0v) is 35.8. The molecule has 0 atom stereocenters. The van der Waals surface area contributed by atoms with Crippen LogP contribution >= 0.6 is 0 Å². The highest BCUT2D eigenvalue weighted by Gasteiger charge is 2.32. The summed E-state index contributed by atoms with van der Waals surface area (Å²) < 4.78 is 95.8. The molecule has 0 spiro atoms. The second-order valence-corrected chi connectivity index (χ2v) is 18.0. The normalized spacial score (nSPS) is 11.6. The molecule has 0 aromatic heterocycles. The van der Waals surface area contributed by atoms with Crippen LogP contribution in [0.5, 0.6) is 0 Å². The number of sulfonamides is 2. The molecular formula is C49H43F3N2O8S2. The average molecular weight is 909 g/mol. The van der Waals surface area contributed by atoms with Crippen molar-refractivity contribution in [3.05, 3.63) is 203 Å². The molecule has 0 bridgehead atoms. The van der Waals surface area contributed by atoms with Gasteiger partial charge >= 0.3 is 18.1 Å². The third-order valence-electron chi connectivity index (χ3n) is 10.3. The number of rotatable bonds is 16. The SMILES string of the molecule is O=C(O)c1ccccc1CCCc1ccccc1NS(=O)(=O)c1cccc(C(F)(F)F)c1.O=C(O)c1ccccc1CCCc1ccccc1NS(=O)(=O)c1cccc2ccccc12. The summed E-state index contributed by atoms with van der Waals surface area (Å²) in [4.78, 5) is 22.5. The Morgan fingerprint density at radius 2 is 0.906 bits per heavy atom. The number of carboxylic acids is 2. The maximum atomic E-state index is 13.2. The lowest BCUT2D eigenvalue weighted by Gasteiger charge is -2.14. The van der Waals surface area contributed by atoms with Crippen LogP contribution in [0.15, 0.2) is 174 Å². The number of alkyl halides is 3. The Morgan fingerprint density at radius 1 is 0.484 bits per heavy atom. The fourth-order valence-corrected chi connectivity index (χ4v) is 9.66. The molecule has 0 saturated carbocycles. The van der Waals surface area contributed by atoms with Gasteiger partial charge in [-0.15, -0.1) is 0 Å². The Labute approximate surface area is 369 Å². The van der Waals surface area contributed by atoms with Gasteiger partial charge < -0.3 is 10.2 Å². The number of halogens is 3. The predicted octanol–water partition coefficient (Wildman–Crippen LogP) is 10.9. The molecule has 0 saturated heterocycles. The predicted molar refractivity (Wildman–Crippen MR) is 241 cm³/mol. The molecule has 7 rings (SSSR count). The summed E-state index contributed by atoms with van der Waals surface area (Å²) >= 11 is 0. The summed E-state index contributed by atoms with van der Waals surface area (Å²) in [6.07, 6.45) is -1.30. The molecule has 7 aromatic rings. The van der Waals surface area contributed by atoms with Gasteiger partial charge in [0.2, 0.25) is 0 Å². The van der Waals surface area contributed by atoms with Crippen molar-refractivity contribution in [1.29, 1.82) is 0 Å². The maximum Gasteiger partial charge on any atom is 0.416 e. The van der Waals surface area contributed by atoms with Gasteiger partial charge in [-0.1, -0.05) is 115 Å². The monoisotopic (exact) mass is 908 g/mol. The van der Waals surface area contributed by atoms with E-state index >= 15 is 0 Å². The fourth-order valence-electron chi connectivity index (χ4n) is 7.18. The van der Waals surface area contributed by atoms with Gasteiger partial charge in [-0.25, -0.2) is 26.4 Å². The van der Waals surface area contributed by atoms with E-state index in [2.05, 4.69) is 9.44 Å². The van der Waals surface area contributed by atoms with Crippen LogP contribution in [0.25, 0.3) is 10.8 Å². The first-order valence-electron chi connectivity index (χ1n) is 20.0. The smallest absolute Gasteiger partial charge is 0.416 e. The van der Waals surface area contributed by atoms with Crippen molar-refractivity contribution in [1.82, 2.24) is 0 Å². The van der Waals surface area contributed by atoms with Crippen molar-refractivity contribution in [3.63, 3.8) is 0 Å². The Kier molecular flexibility index (Phi) is 14.9. The maximum absolute atomic E-state index is 13.2. The summed E-state index contributed by atoms with van der Waals surface area (Å²) in [6.45, 7) is 0. The van der Waals surface area contributed by atoms with Crippen molar-refractivity contribution in [2.45, 2.75) is 54.5 Å². The summed E-state index contributed by atoms with van der Waals surface area (Å²) in [5, 5.41) is 20.2. The molecule has 0 fully saturated rings. The standard InChI is InChI=1S/C26H23NO4S.C23H20F3NO4S/c28-26(29)23-16-5-2-10-20(23)12-7-14-21-11-3-6-17-24(21)27-32(30,31)25-18-8-13-19-9-1-4-15-22(19)25;24-23(25,26)18-11-6-12-19(15-18)32(30,31)27-21-14-4-2-8-17(21)10-5-9-16-7-1-3-13-20(16)22(28)29/h1-6,8-11,13,15-18,27H,7,12,14H2,(H,28,29);1-4,6-8,11-15,27H,5,9-10H2,(H,28,29). The van der Waals surface area contributed by atoms with Crippen LogP contribution < -0.4 is 9.44 Å². The highest BCUT2D eigenvalue weighted by molar-refractivity contribution is 7.93. The number of anilines is 2. The first-order chi connectivity index (χ1) is 30.5. The molecule has 15 heteroatoms. The highest BCUT2D eigenvalue weighted by atomic mass is 32.2. The van der Waals surface area contributed by atoms with Crippen molar-refractivity contribution in [2.75, 3.05) is 9.44 Å². The van der Waals surface area contributed by atoms with E-state index in [4.69, 9.17) is 0 Å². The number of aryl methyl sites for hydroxylation is 4. The van der Waals surface area contributed by atoms with Crippen LogP contribution in [0.2, 0.25) is 0 Å². The van der Waals surface area contributed by atoms with Crippen LogP contribution in [0, 0.1) is 0 Å². The van der Waals surface area contributed by atoms with Gasteiger partial charge in [0.25, 0.3) is 20.0 Å². The highest BCUT2D eigenvalue weighted by Crippen LogP contribution is 2.32. The van der Waals surface area contributed by atoms with Crippen LogP contribution in [0.3, 0.4) is 0 Å². The van der Waals surface area contributed by atoms with Crippen molar-refractivity contribution < 1.29 is 49.8 Å². The fraction of sp³-hybridized carbons (Fsp3) is 0.143. The molecule has 7 aromatic carbocycles. The molecule has 0 amide bonds. The number of carbonyl (C=O) groups is 2. The van der Waals surface area contributed by atoms with Crippen LogP contribution in [0.1, 0.15) is 61.4 Å². The minimum atomic E-state index is -4.66. The molecule has 0 aliphatic carbocycles. The number of nitrogens with one attached hydrogen (secondary N) is 2. The molecule has 10 nitrogen and oxygen atoms in total. The van der Waals surface area contributed by atoms with Gasteiger partial charge in [-0.2, -0.15) is 13.2 Å². The van der Waals surface area contributed by atoms with Crippen LogP contribution in [0.4, 0.5) is 24.5 Å². The van der Waals surface area contributed by atoms with Crippen molar-refractivity contribution in [3.8, 4) is 0 Å². The lowest BCUT2D eigenvalue weighted by atomic mass is 9.99. The largest absolute Gasteiger partial charge is 0.478 e. The molecule has 64 heavy (non-hydrogen) atoms. The van der Waals surface area contributed by atoms with E-state index in [-0.39, 0.29) is 16.1 Å². The van der Waals surface area contributed by atoms with Crippen molar-refractivity contribution >= 4 is 54.1 Å². The summed E-state index contributed by atoms with van der Waals surface area (Å²) in [6, 6.07) is 43.7. The molecule has 4 N–H and O–H groups in total. The molecule has 0 aliphatic rings. The summed E-state index contributed by atoms with van der Waals surface area (Å²) in [5.74, 6) is -1.96. The first-order valence-corrected chi connectivity index (χ1v) is 23.0. The number of carboxylic acid groups (broad SMARTS) is 2. The van der Waals surface area contributed by atoms with Crippen LogP contribution in [-0.4, -0.2) is 39.0 Å². The average Bonchev–Trinajstić information content (AvgIpc) is 3.27. The Bertz CT molecular complexity index is 3010. The van der Waals surface area contributed by atoms with Gasteiger partial charge in [0.05, 0.1) is 37.9 Å². The number of fused-ring (bicyclic) bond motifs is 1. The molecule has 0 radical (unpaired) electrons. The summed E-state index contributed by atoms with van der Waals surface area (Å²) in [7, 11) is -8.03. The molecule has 0 heterocycles. The number of hydrogen-bond donors (Lipinski definition) is 4. The van der Waals surface area contributed by atoms with E-state index in [1.54, 1.807) is 78.9 Å². The Balaban J connectivity index is 0.000000213. The topological polar surface area (TPSA) is 167 Å². The number of para-hydroxylation sites is 2. The Morgan fingerprint density at radius 3 is 1.44 bits per heavy atom. The Hall–Kier alpha value is -6.97. The molecule has 0 aliphatic heterocycles. The zero-order chi connectivity index (χ0) is 45.9. The van der Waals surface area contributed by atoms with Gasteiger partial charge in [0.1, 0.15) is 0 Å². The third-order valence-corrected chi connectivity index (χ3v) is 13.1. The van der Waals surface area contributed by atoms with E-state index in [1.165, 1.54) is 12.1 Å². The number of aromatic carboxylic acids is 2. The lowest BCUT2D eigenvalue weighted by molar-refractivity contribution is -0.137. The third kappa shape index (κ3) is 11.9. The number of hydrogen-bond acceptors (Lipinski definition) is 6. The minimum Gasteiger partial charge on any atom is -0.478 e. The minimum absolute atomic E-state index is 0.214. The van der Waals surface area contributed by atoms with E-state index in [1.807, 2.05) is 48.5 Å². The van der Waals surface area contributed by atoms with Gasteiger partial charge in [-0.05, 0) is 115 Å². The van der Waals surface area contributed by atoms with Crippen molar-refractivity contribution in [2.24, 2.45) is 0 Å². The molecule has 0 unspecified atom stereocenters. The van der Waals surface area contributed by atoms with E-state index in [9.17, 15) is 49.8 Å². The molecular weight excluding hydrogens is 866 g/mol. The zero-order valence-electron chi connectivity index (χ0n) is 34.1. The first kappa shape index (κ1) is 46.5. The second kappa shape index (κ2) is 20.5. The van der Waals surface area contributed by atoms with Gasteiger partial charge in [0, 0.05) is 5.39 Å². The second-order valence-electron chi connectivity index (χ2n) is 14.7. The van der Waals surface area contributed by atoms with E-state index in [0.29, 0.717) is 72.4 Å². The van der Waals surface area contributed by atoms with E-state index in [0.717, 1.165) is 34.7 Å². The lowest BCUT2D eigenvalue weighted by Crippen LogP contribution is -2.15. The summed E-state index contributed by atoms with van der Waals surface area (Å²) in [5.41, 5.74) is 3.22. The molecule has 330 valence electrons.